The molecule has 0 spiro atoms. The quantitative estimate of drug-likeness (QED) is 0.303. The van der Waals surface area contributed by atoms with Crippen molar-refractivity contribution in [2.45, 2.75) is 57.3 Å². The molecule has 3 rings (SSSR count). The number of amides is 2. The molecule has 0 bridgehead atoms. The van der Waals surface area contributed by atoms with Crippen LogP contribution in [0.25, 0.3) is 0 Å². The number of hydrazine groups is 1. The smallest absolute Gasteiger partial charge is 0.267 e. The molecule has 6 heteroatoms. The highest BCUT2D eigenvalue weighted by Crippen LogP contribution is 2.29. The van der Waals surface area contributed by atoms with Gasteiger partial charge < -0.3 is 0 Å². The van der Waals surface area contributed by atoms with Gasteiger partial charge in [-0.25, -0.2) is 5.43 Å². The van der Waals surface area contributed by atoms with Gasteiger partial charge in [0.05, 0.1) is 0 Å². The van der Waals surface area contributed by atoms with Gasteiger partial charge in [0.1, 0.15) is 0 Å². The first kappa shape index (κ1) is 25.9. The van der Waals surface area contributed by atoms with Crippen LogP contribution in [0.15, 0.2) is 77.7 Å². The summed E-state index contributed by atoms with van der Waals surface area (Å²) in [6.45, 7) is 12.8. The second-order valence-electron chi connectivity index (χ2n) is 10.2. The Balaban J connectivity index is 1.88. The number of carbonyl (C=O) groups excluding carboxylic acids is 2. The highest BCUT2D eigenvalue weighted by Gasteiger charge is 2.22. The van der Waals surface area contributed by atoms with Crippen molar-refractivity contribution in [3.8, 4) is 0 Å². The fourth-order valence-corrected chi connectivity index (χ4v) is 4.14. The molecule has 3 aromatic carbocycles. The highest BCUT2D eigenvalue weighted by atomic mass is 35.5. The van der Waals surface area contributed by atoms with E-state index in [9.17, 15) is 9.59 Å². The van der Waals surface area contributed by atoms with Gasteiger partial charge in [0.2, 0.25) is 0 Å². The van der Waals surface area contributed by atoms with E-state index in [0.29, 0.717) is 16.1 Å². The Morgan fingerprint density at radius 3 is 1.62 bits per heavy atom. The summed E-state index contributed by atoms with van der Waals surface area (Å²) in [5, 5.41) is 0.539. The first-order valence-corrected chi connectivity index (χ1v) is 12.3. The molecule has 0 atom stereocenters. The normalized spacial score (nSPS) is 11.7. The van der Waals surface area contributed by atoms with Gasteiger partial charge in [-0.15, -0.1) is 0 Å². The van der Waals surface area contributed by atoms with Crippen molar-refractivity contribution >= 4 is 35.4 Å². The number of nitrogens with one attached hydrogen (secondary N) is 1. The average molecular weight is 495 g/mol. The maximum atomic E-state index is 13.4. The third kappa shape index (κ3) is 6.64. The lowest BCUT2D eigenvalue weighted by Gasteiger charge is -2.24. The lowest BCUT2D eigenvalue weighted by molar-refractivity contribution is 0.0739. The Morgan fingerprint density at radius 1 is 0.706 bits per heavy atom. The number of nitrogens with zero attached hydrogens (tertiary/aromatic N) is 1. The second kappa shape index (κ2) is 10.2. The maximum Gasteiger partial charge on any atom is 0.283 e. The predicted octanol–water partition coefficient (Wildman–Crippen LogP) is 7.43. The van der Waals surface area contributed by atoms with E-state index in [1.165, 1.54) is 21.9 Å². The Bertz CT molecular complexity index is 1140. The van der Waals surface area contributed by atoms with Gasteiger partial charge in [-0.05, 0) is 70.5 Å². The summed E-state index contributed by atoms with van der Waals surface area (Å²) >= 11 is 7.12. The fourth-order valence-electron chi connectivity index (χ4n) is 3.22. The van der Waals surface area contributed by atoms with Crippen molar-refractivity contribution in [2.75, 3.05) is 0 Å². The molecule has 0 unspecified atom stereocenters. The summed E-state index contributed by atoms with van der Waals surface area (Å²) in [5.41, 5.74) is 5.98. The summed E-state index contributed by atoms with van der Waals surface area (Å²) in [6.07, 6.45) is 0. The van der Waals surface area contributed by atoms with Gasteiger partial charge in [0.25, 0.3) is 11.8 Å². The van der Waals surface area contributed by atoms with Crippen LogP contribution < -0.4 is 5.43 Å². The molecule has 0 aliphatic heterocycles. The first-order valence-electron chi connectivity index (χ1n) is 11.1. The average Bonchev–Trinajstić information content (AvgIpc) is 2.78. The molecule has 3 aromatic rings. The molecular formula is C28H31ClN2O2S. The molecular weight excluding hydrogens is 464 g/mol. The van der Waals surface area contributed by atoms with E-state index in [0.717, 1.165) is 10.5 Å². The fraction of sp³-hybridized carbons (Fsp3) is 0.286. The molecule has 0 saturated heterocycles. The van der Waals surface area contributed by atoms with Crippen LogP contribution in [0.3, 0.4) is 0 Å². The van der Waals surface area contributed by atoms with Crippen molar-refractivity contribution in [3.05, 3.63) is 100 Å². The molecule has 0 aliphatic carbocycles. The van der Waals surface area contributed by atoms with Gasteiger partial charge >= 0.3 is 0 Å². The lowest BCUT2D eigenvalue weighted by atomic mass is 9.87. The molecule has 0 heterocycles. The summed E-state index contributed by atoms with van der Waals surface area (Å²) in [6, 6.07) is 22.1. The third-order valence-electron chi connectivity index (χ3n) is 5.41. The van der Waals surface area contributed by atoms with Gasteiger partial charge in [0, 0.05) is 33.0 Å². The van der Waals surface area contributed by atoms with Crippen LogP contribution in [0, 0.1) is 0 Å². The van der Waals surface area contributed by atoms with E-state index in [1.54, 1.807) is 36.4 Å². The van der Waals surface area contributed by atoms with Crippen LogP contribution in [-0.2, 0) is 10.8 Å². The van der Waals surface area contributed by atoms with E-state index >= 15 is 0 Å². The molecule has 178 valence electrons. The summed E-state index contributed by atoms with van der Waals surface area (Å²) < 4.78 is 1.29. The van der Waals surface area contributed by atoms with Crippen molar-refractivity contribution < 1.29 is 9.59 Å². The molecule has 0 saturated carbocycles. The minimum absolute atomic E-state index is 0.0202. The maximum absolute atomic E-state index is 13.4. The van der Waals surface area contributed by atoms with E-state index in [-0.39, 0.29) is 16.7 Å². The number of rotatable bonds is 4. The van der Waals surface area contributed by atoms with Crippen molar-refractivity contribution in [1.29, 1.82) is 0 Å². The third-order valence-corrected chi connectivity index (χ3v) is 6.58. The minimum Gasteiger partial charge on any atom is -0.267 e. The van der Waals surface area contributed by atoms with E-state index in [2.05, 4.69) is 47.0 Å². The second-order valence-corrected chi connectivity index (χ2v) is 11.7. The van der Waals surface area contributed by atoms with Crippen LogP contribution in [0.1, 0.15) is 73.4 Å². The molecule has 4 nitrogen and oxygen atoms in total. The van der Waals surface area contributed by atoms with Crippen LogP contribution >= 0.6 is 23.5 Å². The van der Waals surface area contributed by atoms with Crippen molar-refractivity contribution in [2.24, 2.45) is 0 Å². The molecule has 0 aromatic heterocycles. The molecule has 2 amide bonds. The number of benzene rings is 3. The SMILES string of the molecule is CC(C)(C)c1ccc(SN(NC(=O)c2ccc(Cl)cc2)C(=O)c2ccc(C(C)(C)C)cc2)cc1. The number of halogens is 1. The summed E-state index contributed by atoms with van der Waals surface area (Å²) in [7, 11) is 0. The molecule has 1 N–H and O–H groups in total. The minimum atomic E-state index is -0.393. The number of hydrogen-bond donors (Lipinski definition) is 1. The Kier molecular flexibility index (Phi) is 7.79. The van der Waals surface area contributed by atoms with E-state index in [4.69, 9.17) is 11.6 Å². The largest absolute Gasteiger partial charge is 0.283 e. The van der Waals surface area contributed by atoms with Crippen molar-refractivity contribution in [1.82, 2.24) is 9.84 Å². The zero-order valence-electron chi connectivity index (χ0n) is 20.5. The van der Waals surface area contributed by atoms with E-state index in [1.807, 2.05) is 36.4 Å². The van der Waals surface area contributed by atoms with Gasteiger partial charge in [0.15, 0.2) is 0 Å². The Morgan fingerprint density at radius 2 is 1.15 bits per heavy atom. The molecule has 0 radical (unpaired) electrons. The summed E-state index contributed by atoms with van der Waals surface area (Å²) in [5.74, 6) is -0.706. The van der Waals surface area contributed by atoms with Crippen LogP contribution in [0.5, 0.6) is 0 Å². The molecule has 0 fully saturated rings. The van der Waals surface area contributed by atoms with Crippen LogP contribution in [0.2, 0.25) is 5.02 Å². The summed E-state index contributed by atoms with van der Waals surface area (Å²) in [4.78, 5) is 27.2. The zero-order chi connectivity index (χ0) is 25.1. The predicted molar refractivity (Wildman–Crippen MR) is 141 cm³/mol. The Labute approximate surface area is 211 Å². The van der Waals surface area contributed by atoms with Crippen LogP contribution in [0.4, 0.5) is 0 Å². The van der Waals surface area contributed by atoms with Gasteiger partial charge in [-0.3, -0.25) is 9.59 Å². The van der Waals surface area contributed by atoms with Gasteiger partial charge in [-0.1, -0.05) is 77.4 Å². The number of hydrogen-bond acceptors (Lipinski definition) is 3. The van der Waals surface area contributed by atoms with Crippen molar-refractivity contribution in [3.63, 3.8) is 0 Å². The Hall–Kier alpha value is -2.76. The number of carbonyl (C=O) groups is 2. The van der Waals surface area contributed by atoms with Gasteiger partial charge in [-0.2, -0.15) is 4.41 Å². The molecule has 34 heavy (non-hydrogen) atoms. The topological polar surface area (TPSA) is 49.4 Å². The first-order chi connectivity index (χ1) is 15.8. The zero-order valence-corrected chi connectivity index (χ0v) is 22.1. The lowest BCUT2D eigenvalue weighted by Crippen LogP contribution is -2.41. The van der Waals surface area contributed by atoms with Crippen LogP contribution in [-0.4, -0.2) is 16.2 Å². The highest BCUT2D eigenvalue weighted by molar-refractivity contribution is 7.97. The molecule has 0 aliphatic rings. The monoisotopic (exact) mass is 494 g/mol. The van der Waals surface area contributed by atoms with E-state index < -0.39 is 5.91 Å². The standard InChI is InChI=1S/C28H31ClN2O2S/c1-27(2,3)21-11-7-20(8-12-21)26(33)31(30-25(32)19-9-15-23(29)16-10-19)34-24-17-13-22(14-18-24)28(4,5)6/h7-18H,1-6H3,(H,30,32).